The lowest BCUT2D eigenvalue weighted by atomic mass is 10.1. The highest BCUT2D eigenvalue weighted by Gasteiger charge is 2.27. The smallest absolute Gasteiger partial charge is 0.370 e. The molecule has 1 heterocycles. The van der Waals surface area contributed by atoms with Gasteiger partial charge in [0.05, 0.1) is 6.61 Å². The fourth-order valence-corrected chi connectivity index (χ4v) is 2.21. The summed E-state index contributed by atoms with van der Waals surface area (Å²) in [6.45, 7) is -0.209. The van der Waals surface area contributed by atoms with E-state index in [-0.39, 0.29) is 6.61 Å². The van der Waals surface area contributed by atoms with Crippen LogP contribution in [0.5, 0.6) is 0 Å². The standard InChI is InChI=1S/C14H17F3N2O/c15-14(16,17)10-20-9-8-19-7-5-12-11(4-6-18)2-1-3-13(12)19/h1-3,5,7H,4,6,8-10,18H2. The summed E-state index contributed by atoms with van der Waals surface area (Å²) in [6.07, 6.45) is -1.62. The molecule has 110 valence electrons. The Balaban J connectivity index is 2.02. The minimum absolute atomic E-state index is 0.0321. The van der Waals surface area contributed by atoms with Crippen molar-refractivity contribution in [2.45, 2.75) is 19.1 Å². The molecule has 0 saturated carbocycles. The van der Waals surface area contributed by atoms with E-state index in [4.69, 9.17) is 5.73 Å². The molecular formula is C14H17F3N2O. The van der Waals surface area contributed by atoms with Crippen molar-refractivity contribution in [1.29, 1.82) is 0 Å². The molecule has 0 fully saturated rings. The molecule has 0 aliphatic carbocycles. The van der Waals surface area contributed by atoms with E-state index in [1.807, 2.05) is 35.0 Å². The van der Waals surface area contributed by atoms with Crippen LogP contribution in [0.15, 0.2) is 30.5 Å². The molecule has 20 heavy (non-hydrogen) atoms. The lowest BCUT2D eigenvalue weighted by Crippen LogP contribution is -2.18. The molecule has 1 aromatic heterocycles. The van der Waals surface area contributed by atoms with Gasteiger partial charge in [-0.25, -0.2) is 0 Å². The van der Waals surface area contributed by atoms with Crippen LogP contribution in [0, 0.1) is 0 Å². The summed E-state index contributed by atoms with van der Waals surface area (Å²) in [7, 11) is 0. The van der Waals surface area contributed by atoms with Gasteiger partial charge in [-0.05, 0) is 30.7 Å². The molecule has 1 aromatic carbocycles. The number of nitrogens with zero attached hydrogens (tertiary/aromatic N) is 1. The molecule has 0 aliphatic heterocycles. The van der Waals surface area contributed by atoms with Gasteiger partial charge < -0.3 is 15.0 Å². The molecule has 2 rings (SSSR count). The Kier molecular flexibility index (Phi) is 4.67. The molecule has 0 unspecified atom stereocenters. The largest absolute Gasteiger partial charge is 0.411 e. The van der Waals surface area contributed by atoms with E-state index in [9.17, 15) is 13.2 Å². The van der Waals surface area contributed by atoms with Crippen LogP contribution >= 0.6 is 0 Å². The average molecular weight is 286 g/mol. The molecule has 0 amide bonds. The van der Waals surface area contributed by atoms with Crippen molar-refractivity contribution < 1.29 is 17.9 Å². The van der Waals surface area contributed by atoms with E-state index in [1.54, 1.807) is 0 Å². The second-order valence-corrected chi connectivity index (χ2v) is 4.57. The lowest BCUT2D eigenvalue weighted by Gasteiger charge is -2.09. The topological polar surface area (TPSA) is 40.2 Å². The molecule has 6 heteroatoms. The molecular weight excluding hydrogens is 269 g/mol. The zero-order chi connectivity index (χ0) is 14.6. The third-order valence-electron chi connectivity index (χ3n) is 3.06. The van der Waals surface area contributed by atoms with E-state index in [0.29, 0.717) is 13.1 Å². The Morgan fingerprint density at radius 1 is 1.20 bits per heavy atom. The van der Waals surface area contributed by atoms with E-state index < -0.39 is 12.8 Å². The van der Waals surface area contributed by atoms with E-state index in [1.165, 1.54) is 0 Å². The van der Waals surface area contributed by atoms with Crippen LogP contribution < -0.4 is 5.73 Å². The summed E-state index contributed by atoms with van der Waals surface area (Å²) in [5, 5.41) is 1.09. The number of rotatable bonds is 6. The van der Waals surface area contributed by atoms with Gasteiger partial charge in [-0.15, -0.1) is 0 Å². The molecule has 2 N–H and O–H groups in total. The first kappa shape index (κ1) is 14.9. The van der Waals surface area contributed by atoms with Gasteiger partial charge in [0.1, 0.15) is 6.61 Å². The van der Waals surface area contributed by atoms with E-state index in [0.717, 1.165) is 22.9 Å². The molecule has 3 nitrogen and oxygen atoms in total. The van der Waals surface area contributed by atoms with Crippen molar-refractivity contribution in [3.8, 4) is 0 Å². The Morgan fingerprint density at radius 2 is 2.00 bits per heavy atom. The quantitative estimate of drug-likeness (QED) is 0.829. The number of fused-ring (bicyclic) bond motifs is 1. The fourth-order valence-electron chi connectivity index (χ4n) is 2.21. The van der Waals surface area contributed by atoms with Gasteiger partial charge in [0.25, 0.3) is 0 Å². The van der Waals surface area contributed by atoms with Crippen LogP contribution in [-0.4, -0.2) is 30.5 Å². The van der Waals surface area contributed by atoms with Crippen LogP contribution in [0.2, 0.25) is 0 Å². The highest BCUT2D eigenvalue weighted by atomic mass is 19.4. The number of hydrogen-bond donors (Lipinski definition) is 1. The van der Waals surface area contributed by atoms with Crippen LogP contribution in [0.1, 0.15) is 5.56 Å². The van der Waals surface area contributed by atoms with Crippen molar-refractivity contribution in [3.05, 3.63) is 36.0 Å². The maximum Gasteiger partial charge on any atom is 0.411 e. The number of aromatic nitrogens is 1. The molecule has 0 atom stereocenters. The summed E-state index contributed by atoms with van der Waals surface area (Å²) in [5.41, 5.74) is 7.71. The molecule has 0 spiro atoms. The maximum absolute atomic E-state index is 12.0. The Bertz CT molecular complexity index is 563. The predicted molar refractivity (Wildman–Crippen MR) is 71.6 cm³/mol. The summed E-state index contributed by atoms with van der Waals surface area (Å²) in [4.78, 5) is 0. The zero-order valence-electron chi connectivity index (χ0n) is 11.0. The second kappa shape index (κ2) is 6.28. The number of benzene rings is 1. The minimum Gasteiger partial charge on any atom is -0.370 e. The van der Waals surface area contributed by atoms with Gasteiger partial charge in [-0.3, -0.25) is 0 Å². The Labute approximate surface area is 115 Å². The minimum atomic E-state index is -4.27. The van der Waals surface area contributed by atoms with Crippen molar-refractivity contribution in [2.75, 3.05) is 19.8 Å². The molecule has 0 saturated heterocycles. The maximum atomic E-state index is 12.0. The predicted octanol–water partition coefficient (Wildman–Crippen LogP) is 2.72. The third-order valence-corrected chi connectivity index (χ3v) is 3.06. The average Bonchev–Trinajstić information content (AvgIpc) is 2.78. The summed E-state index contributed by atoms with van der Waals surface area (Å²) < 4.78 is 42.4. The monoisotopic (exact) mass is 286 g/mol. The van der Waals surface area contributed by atoms with Crippen LogP contribution in [0.3, 0.4) is 0 Å². The van der Waals surface area contributed by atoms with Gasteiger partial charge in [-0.1, -0.05) is 12.1 Å². The SMILES string of the molecule is NCCc1cccc2c1ccn2CCOCC(F)(F)F. The van der Waals surface area contributed by atoms with Crippen LogP contribution in [-0.2, 0) is 17.7 Å². The normalized spacial score (nSPS) is 12.2. The Hall–Kier alpha value is -1.53. The summed E-state index contributed by atoms with van der Waals surface area (Å²) >= 11 is 0. The summed E-state index contributed by atoms with van der Waals surface area (Å²) in [6, 6.07) is 7.85. The van der Waals surface area contributed by atoms with Crippen molar-refractivity contribution >= 4 is 10.9 Å². The van der Waals surface area contributed by atoms with Gasteiger partial charge in [0.2, 0.25) is 0 Å². The first-order chi connectivity index (χ1) is 9.51. The number of nitrogens with two attached hydrogens (primary N) is 1. The van der Waals surface area contributed by atoms with Crippen molar-refractivity contribution in [2.24, 2.45) is 5.73 Å². The summed E-state index contributed by atoms with van der Waals surface area (Å²) in [5.74, 6) is 0. The number of ether oxygens (including phenoxy) is 1. The zero-order valence-corrected chi connectivity index (χ0v) is 11.0. The highest BCUT2D eigenvalue weighted by Crippen LogP contribution is 2.21. The Morgan fingerprint density at radius 3 is 2.70 bits per heavy atom. The van der Waals surface area contributed by atoms with E-state index in [2.05, 4.69) is 4.74 Å². The highest BCUT2D eigenvalue weighted by molar-refractivity contribution is 5.83. The lowest BCUT2D eigenvalue weighted by molar-refractivity contribution is -0.174. The van der Waals surface area contributed by atoms with Crippen LogP contribution in [0.25, 0.3) is 10.9 Å². The number of hydrogen-bond acceptors (Lipinski definition) is 2. The second-order valence-electron chi connectivity index (χ2n) is 4.57. The third kappa shape index (κ3) is 3.74. The first-order valence-electron chi connectivity index (χ1n) is 6.42. The molecule has 0 bridgehead atoms. The molecule has 2 aromatic rings. The fraction of sp³-hybridized carbons (Fsp3) is 0.429. The van der Waals surface area contributed by atoms with Gasteiger partial charge in [-0.2, -0.15) is 13.2 Å². The van der Waals surface area contributed by atoms with Crippen LogP contribution in [0.4, 0.5) is 13.2 Å². The number of halogens is 3. The van der Waals surface area contributed by atoms with Crippen molar-refractivity contribution in [3.63, 3.8) is 0 Å². The van der Waals surface area contributed by atoms with Gasteiger partial charge in [0, 0.05) is 23.6 Å². The van der Waals surface area contributed by atoms with Crippen molar-refractivity contribution in [1.82, 2.24) is 4.57 Å². The van der Waals surface area contributed by atoms with Gasteiger partial charge in [0.15, 0.2) is 0 Å². The molecule has 0 radical (unpaired) electrons. The number of alkyl halides is 3. The van der Waals surface area contributed by atoms with E-state index >= 15 is 0 Å². The first-order valence-corrected chi connectivity index (χ1v) is 6.42. The van der Waals surface area contributed by atoms with Gasteiger partial charge >= 0.3 is 6.18 Å². The molecule has 0 aliphatic rings.